The maximum atomic E-state index is 13.5. The molecule has 0 saturated heterocycles. The van der Waals surface area contributed by atoms with Crippen molar-refractivity contribution in [1.29, 1.82) is 0 Å². The molecule has 0 radical (unpaired) electrons. The van der Waals surface area contributed by atoms with Crippen molar-refractivity contribution in [3.63, 3.8) is 0 Å². The molecule has 10 heteroatoms. The summed E-state index contributed by atoms with van der Waals surface area (Å²) in [5, 5.41) is 5.02. The first-order chi connectivity index (χ1) is 15.8. The lowest BCUT2D eigenvalue weighted by Gasteiger charge is -2.27. The molecule has 34 heavy (non-hydrogen) atoms. The monoisotopic (exact) mass is 491 g/mol. The van der Waals surface area contributed by atoms with Gasteiger partial charge in [0.1, 0.15) is 15.7 Å². The Morgan fingerprint density at radius 2 is 1.68 bits per heavy atom. The van der Waals surface area contributed by atoms with Crippen LogP contribution in [-0.2, 0) is 21.7 Å². The average molecular weight is 492 g/mol. The maximum Gasteiger partial charge on any atom is 0.294 e. The second-order valence-electron chi connectivity index (χ2n) is 9.02. The predicted octanol–water partition coefficient (Wildman–Crippen LogP) is 3.00. The highest BCUT2D eigenvalue weighted by Crippen LogP contribution is 2.26. The zero-order chi connectivity index (χ0) is 25.4. The fraction of sp³-hybridized carbons (Fsp3) is 0.458. The summed E-state index contributed by atoms with van der Waals surface area (Å²) < 4.78 is 38.5. The first-order valence-electron chi connectivity index (χ1n) is 11.1. The minimum absolute atomic E-state index is 0.111. The van der Waals surface area contributed by atoms with Gasteiger partial charge in [0.05, 0.1) is 16.5 Å². The standard InChI is InChI=1S/C24H30FN3O5S/c1-13-12-17(8-11-19(13)25)27-23(30)20-14(2)21(28(4)15(20)3)22(29)24(31)26-16-6-9-18(10-7-16)34(5,32)33/h8,11-12,16,18H,6-7,9-10H2,1-5H3,(H,26,31)(H,27,30). The summed E-state index contributed by atoms with van der Waals surface area (Å²) >= 11 is 0. The van der Waals surface area contributed by atoms with Crippen LogP contribution < -0.4 is 10.6 Å². The molecule has 184 valence electrons. The zero-order valence-electron chi connectivity index (χ0n) is 20.0. The van der Waals surface area contributed by atoms with E-state index in [2.05, 4.69) is 10.6 Å². The molecule has 1 fully saturated rings. The van der Waals surface area contributed by atoms with E-state index < -0.39 is 32.7 Å². The van der Waals surface area contributed by atoms with Crippen LogP contribution in [0, 0.1) is 26.6 Å². The Balaban J connectivity index is 1.75. The normalized spacial score (nSPS) is 18.4. The van der Waals surface area contributed by atoms with E-state index in [-0.39, 0.29) is 23.1 Å². The predicted molar refractivity (Wildman–Crippen MR) is 127 cm³/mol. The van der Waals surface area contributed by atoms with Gasteiger partial charge in [0.25, 0.3) is 17.6 Å². The van der Waals surface area contributed by atoms with Crippen molar-refractivity contribution >= 4 is 33.1 Å². The number of sulfone groups is 1. The van der Waals surface area contributed by atoms with Gasteiger partial charge in [-0.15, -0.1) is 0 Å². The molecule has 2 aromatic rings. The molecule has 0 spiro atoms. The topological polar surface area (TPSA) is 114 Å². The van der Waals surface area contributed by atoms with E-state index in [0.717, 1.165) is 0 Å². The number of hydrogen-bond donors (Lipinski definition) is 2. The van der Waals surface area contributed by atoms with E-state index in [0.29, 0.717) is 48.2 Å². The summed E-state index contributed by atoms with van der Waals surface area (Å²) in [4.78, 5) is 38.7. The fourth-order valence-electron chi connectivity index (χ4n) is 4.54. The highest BCUT2D eigenvalue weighted by atomic mass is 32.2. The van der Waals surface area contributed by atoms with Gasteiger partial charge in [-0.25, -0.2) is 12.8 Å². The van der Waals surface area contributed by atoms with Crippen LogP contribution >= 0.6 is 0 Å². The molecule has 2 N–H and O–H groups in total. The first-order valence-corrected chi connectivity index (χ1v) is 13.0. The van der Waals surface area contributed by atoms with Crippen LogP contribution in [0.5, 0.6) is 0 Å². The highest BCUT2D eigenvalue weighted by Gasteiger charge is 2.32. The van der Waals surface area contributed by atoms with Crippen molar-refractivity contribution in [1.82, 2.24) is 9.88 Å². The summed E-state index contributed by atoms with van der Waals surface area (Å²) in [6.45, 7) is 4.88. The summed E-state index contributed by atoms with van der Waals surface area (Å²) in [5.41, 5.74) is 2.07. The molecule has 1 heterocycles. The van der Waals surface area contributed by atoms with Gasteiger partial charge in [-0.05, 0) is 75.8 Å². The molecule has 0 atom stereocenters. The Labute approximate surface area is 198 Å². The second-order valence-corrected chi connectivity index (χ2v) is 11.3. The second kappa shape index (κ2) is 9.69. The van der Waals surface area contributed by atoms with E-state index >= 15 is 0 Å². The number of rotatable bonds is 6. The van der Waals surface area contributed by atoms with Gasteiger partial charge < -0.3 is 15.2 Å². The molecule has 1 aromatic heterocycles. The third-order valence-electron chi connectivity index (χ3n) is 6.61. The van der Waals surface area contributed by atoms with Crippen LogP contribution in [0.15, 0.2) is 18.2 Å². The quantitative estimate of drug-likeness (QED) is 0.476. The smallest absolute Gasteiger partial charge is 0.294 e. The van der Waals surface area contributed by atoms with Gasteiger partial charge in [-0.2, -0.15) is 0 Å². The van der Waals surface area contributed by atoms with E-state index in [1.807, 2.05) is 0 Å². The number of carbonyl (C=O) groups is 3. The third-order valence-corrected chi connectivity index (χ3v) is 8.29. The van der Waals surface area contributed by atoms with Gasteiger partial charge in [0.2, 0.25) is 0 Å². The van der Waals surface area contributed by atoms with Crippen molar-refractivity contribution in [2.45, 2.75) is 57.7 Å². The molecular weight excluding hydrogens is 461 g/mol. The number of aryl methyl sites for hydroxylation is 1. The summed E-state index contributed by atoms with van der Waals surface area (Å²) in [6.07, 6.45) is 3.05. The van der Waals surface area contributed by atoms with Gasteiger partial charge in [0, 0.05) is 30.7 Å². The average Bonchev–Trinajstić information content (AvgIpc) is 2.98. The molecule has 8 nitrogen and oxygen atoms in total. The Morgan fingerprint density at radius 3 is 2.24 bits per heavy atom. The Kier molecular flexibility index (Phi) is 7.30. The molecule has 0 bridgehead atoms. The van der Waals surface area contributed by atoms with Crippen LogP contribution in [0.3, 0.4) is 0 Å². The molecule has 1 aliphatic rings. The minimum atomic E-state index is -3.13. The first kappa shape index (κ1) is 25.6. The van der Waals surface area contributed by atoms with E-state index in [4.69, 9.17) is 0 Å². The number of hydrogen-bond acceptors (Lipinski definition) is 5. The number of anilines is 1. The lowest BCUT2D eigenvalue weighted by molar-refractivity contribution is -0.117. The van der Waals surface area contributed by atoms with Crippen LogP contribution in [0.1, 0.15) is 63.4 Å². The number of nitrogens with one attached hydrogen (secondary N) is 2. The van der Waals surface area contributed by atoms with Crippen LogP contribution in [-0.4, -0.2) is 48.1 Å². The number of aromatic nitrogens is 1. The van der Waals surface area contributed by atoms with E-state index in [1.54, 1.807) is 27.8 Å². The molecule has 1 aromatic carbocycles. The highest BCUT2D eigenvalue weighted by molar-refractivity contribution is 7.91. The molecule has 0 aliphatic heterocycles. The van der Waals surface area contributed by atoms with Gasteiger partial charge in [-0.3, -0.25) is 14.4 Å². The fourth-order valence-corrected chi connectivity index (χ4v) is 5.67. The number of halogens is 1. The number of nitrogens with zero attached hydrogens (tertiary/aromatic N) is 1. The SMILES string of the molecule is Cc1cc(NC(=O)c2c(C)c(C(=O)C(=O)NC3CCC(S(C)(=O)=O)CC3)n(C)c2C)ccc1F. The lowest BCUT2D eigenvalue weighted by Crippen LogP contribution is -2.43. The maximum absolute atomic E-state index is 13.5. The van der Waals surface area contributed by atoms with E-state index in [9.17, 15) is 27.2 Å². The van der Waals surface area contributed by atoms with Gasteiger partial charge in [0.15, 0.2) is 0 Å². The summed E-state index contributed by atoms with van der Waals surface area (Å²) in [6, 6.07) is 3.95. The molecular formula is C24H30FN3O5S. The number of benzene rings is 1. The van der Waals surface area contributed by atoms with E-state index in [1.165, 1.54) is 29.0 Å². The molecule has 1 saturated carbocycles. The number of amides is 2. The number of Topliss-reactive ketones (excluding diaryl/α,β-unsaturated/α-hetero) is 1. The molecule has 3 rings (SSSR count). The van der Waals surface area contributed by atoms with Crippen LogP contribution in [0.4, 0.5) is 10.1 Å². The Hall–Kier alpha value is -3.01. The minimum Gasteiger partial charge on any atom is -0.346 e. The zero-order valence-corrected chi connectivity index (χ0v) is 20.8. The third kappa shape index (κ3) is 5.22. The van der Waals surface area contributed by atoms with Crippen LogP contribution in [0.2, 0.25) is 0 Å². The molecule has 2 amide bonds. The van der Waals surface area contributed by atoms with Crippen molar-refractivity contribution in [3.05, 3.63) is 52.1 Å². The van der Waals surface area contributed by atoms with Gasteiger partial charge in [-0.1, -0.05) is 0 Å². The Morgan fingerprint density at radius 1 is 1.06 bits per heavy atom. The molecule has 1 aliphatic carbocycles. The van der Waals surface area contributed by atoms with Gasteiger partial charge >= 0.3 is 0 Å². The summed E-state index contributed by atoms with van der Waals surface area (Å²) in [5.74, 6) is -2.39. The largest absolute Gasteiger partial charge is 0.346 e. The number of ketones is 1. The molecule has 0 unspecified atom stereocenters. The Bertz CT molecular complexity index is 1260. The summed E-state index contributed by atoms with van der Waals surface area (Å²) in [7, 11) is -1.52. The van der Waals surface area contributed by atoms with Crippen molar-refractivity contribution in [2.24, 2.45) is 7.05 Å². The van der Waals surface area contributed by atoms with Crippen molar-refractivity contribution < 1.29 is 27.2 Å². The lowest BCUT2D eigenvalue weighted by atomic mass is 9.94. The van der Waals surface area contributed by atoms with Crippen LogP contribution in [0.25, 0.3) is 0 Å². The number of carbonyl (C=O) groups excluding carboxylic acids is 3. The van der Waals surface area contributed by atoms with Crippen molar-refractivity contribution in [2.75, 3.05) is 11.6 Å². The van der Waals surface area contributed by atoms with Crippen molar-refractivity contribution in [3.8, 4) is 0 Å².